The lowest BCUT2D eigenvalue weighted by atomic mass is 10.4. The van der Waals surface area contributed by atoms with Crippen LogP contribution in [0.1, 0.15) is 13.8 Å². The van der Waals surface area contributed by atoms with Crippen molar-refractivity contribution < 1.29 is 27.4 Å². The van der Waals surface area contributed by atoms with Gasteiger partial charge in [-0.05, 0) is 13.8 Å². The maximum absolute atomic E-state index is 11.6. The number of ether oxygens (including phenoxy) is 2. The van der Waals surface area contributed by atoms with Crippen LogP contribution in [0.4, 0.5) is 13.2 Å². The van der Waals surface area contributed by atoms with Crippen LogP contribution in [0.5, 0.6) is 0 Å². The van der Waals surface area contributed by atoms with Crippen LogP contribution in [0.2, 0.25) is 0 Å². The number of hydrogen-bond donors (Lipinski definition) is 0. The molecular weight excluding hydrogens is 189 g/mol. The quantitative estimate of drug-likeness (QED) is 0.645. The van der Waals surface area contributed by atoms with Gasteiger partial charge in [0.2, 0.25) is 0 Å². The Balaban J connectivity index is 3.71. The molecule has 0 aliphatic carbocycles. The second-order valence-corrected chi connectivity index (χ2v) is 2.36. The Bertz CT molecular complexity index is 167. The van der Waals surface area contributed by atoms with Crippen molar-refractivity contribution in [1.29, 1.82) is 0 Å². The van der Waals surface area contributed by atoms with Crippen molar-refractivity contribution in [2.24, 2.45) is 0 Å². The fourth-order valence-corrected chi connectivity index (χ4v) is 0.608. The molecule has 0 aromatic rings. The van der Waals surface area contributed by atoms with Crippen LogP contribution in [0, 0.1) is 0 Å². The zero-order valence-electron chi connectivity index (χ0n) is 7.35. The van der Waals surface area contributed by atoms with Crippen LogP contribution in [0.15, 0.2) is 0 Å². The first-order chi connectivity index (χ1) is 5.88. The van der Waals surface area contributed by atoms with Crippen molar-refractivity contribution in [1.82, 2.24) is 0 Å². The highest BCUT2D eigenvalue weighted by molar-refractivity contribution is 5.75. The number of rotatable bonds is 4. The van der Waals surface area contributed by atoms with Gasteiger partial charge in [0.05, 0.1) is 6.10 Å². The van der Waals surface area contributed by atoms with E-state index in [2.05, 4.69) is 4.74 Å². The largest absolute Gasteiger partial charge is 0.490 e. The Labute approximate surface area is 73.8 Å². The summed E-state index contributed by atoms with van der Waals surface area (Å²) in [7, 11) is 0. The number of alkyl halides is 3. The molecule has 0 N–H and O–H groups in total. The predicted octanol–water partition coefficient (Wildman–Crippen LogP) is 1.52. The van der Waals surface area contributed by atoms with E-state index >= 15 is 0 Å². The fourth-order valence-electron chi connectivity index (χ4n) is 0.608. The smallest absolute Gasteiger partial charge is 0.456 e. The molecule has 0 heterocycles. The van der Waals surface area contributed by atoms with Gasteiger partial charge in [0.15, 0.2) is 0 Å². The van der Waals surface area contributed by atoms with Crippen molar-refractivity contribution in [2.45, 2.75) is 26.1 Å². The van der Waals surface area contributed by atoms with Gasteiger partial charge in [-0.15, -0.1) is 0 Å². The maximum Gasteiger partial charge on any atom is 0.490 e. The highest BCUT2D eigenvalue weighted by atomic mass is 19.4. The Morgan fingerprint density at radius 2 is 2.00 bits per heavy atom. The van der Waals surface area contributed by atoms with Crippen molar-refractivity contribution in [3.63, 3.8) is 0 Å². The summed E-state index contributed by atoms with van der Waals surface area (Å²) >= 11 is 0. The summed E-state index contributed by atoms with van der Waals surface area (Å²) in [6.07, 6.45) is -5.44. The summed E-state index contributed by atoms with van der Waals surface area (Å²) in [5.41, 5.74) is 0. The lowest BCUT2D eigenvalue weighted by Gasteiger charge is -2.12. The second kappa shape index (κ2) is 5.06. The molecule has 0 bridgehead atoms. The molecule has 0 rings (SSSR count). The summed E-state index contributed by atoms with van der Waals surface area (Å²) in [4.78, 5) is 10.2. The first-order valence-corrected chi connectivity index (χ1v) is 3.73. The highest BCUT2D eigenvalue weighted by Crippen LogP contribution is 2.16. The molecule has 0 aromatic carbocycles. The Morgan fingerprint density at radius 1 is 1.46 bits per heavy atom. The third-order valence-corrected chi connectivity index (χ3v) is 1.13. The van der Waals surface area contributed by atoms with E-state index < -0.39 is 18.2 Å². The molecule has 0 fully saturated rings. The van der Waals surface area contributed by atoms with Gasteiger partial charge in [0, 0.05) is 6.61 Å². The zero-order valence-corrected chi connectivity index (χ0v) is 7.35. The molecule has 0 saturated heterocycles. The monoisotopic (exact) mass is 200 g/mol. The highest BCUT2D eigenvalue weighted by Gasteiger charge is 2.41. The minimum absolute atomic E-state index is 0.366. The van der Waals surface area contributed by atoms with Crippen LogP contribution in [0.3, 0.4) is 0 Å². The van der Waals surface area contributed by atoms with E-state index in [1.54, 1.807) is 6.92 Å². The average molecular weight is 200 g/mol. The topological polar surface area (TPSA) is 35.5 Å². The van der Waals surface area contributed by atoms with Crippen LogP contribution in [0.25, 0.3) is 0 Å². The van der Waals surface area contributed by atoms with Crippen molar-refractivity contribution in [2.75, 3.05) is 13.2 Å². The van der Waals surface area contributed by atoms with Crippen LogP contribution < -0.4 is 0 Å². The summed E-state index contributed by atoms with van der Waals surface area (Å²) in [6, 6.07) is 0. The van der Waals surface area contributed by atoms with Crippen LogP contribution in [-0.4, -0.2) is 31.5 Å². The maximum atomic E-state index is 11.6. The molecule has 78 valence electrons. The van der Waals surface area contributed by atoms with Gasteiger partial charge < -0.3 is 9.47 Å². The Kier molecular flexibility index (Phi) is 4.76. The molecule has 6 heteroatoms. The number of hydrogen-bond acceptors (Lipinski definition) is 3. The molecule has 0 aliphatic rings. The molecule has 1 atom stereocenters. The molecule has 0 radical (unpaired) electrons. The molecule has 0 amide bonds. The summed E-state index contributed by atoms with van der Waals surface area (Å²) in [5.74, 6) is -2.18. The van der Waals surface area contributed by atoms with Gasteiger partial charge in [-0.1, -0.05) is 0 Å². The summed E-state index contributed by atoms with van der Waals surface area (Å²) in [5, 5.41) is 0. The molecule has 3 nitrogen and oxygen atoms in total. The third-order valence-electron chi connectivity index (χ3n) is 1.13. The van der Waals surface area contributed by atoms with Crippen LogP contribution >= 0.6 is 0 Å². The Morgan fingerprint density at radius 3 is 2.38 bits per heavy atom. The SMILES string of the molecule is CCOC(C)COC(=O)C(F)(F)F. The molecular formula is C7H11F3O3. The lowest BCUT2D eigenvalue weighted by Crippen LogP contribution is -2.29. The van der Waals surface area contributed by atoms with E-state index in [1.165, 1.54) is 6.92 Å². The molecule has 0 aliphatic heterocycles. The van der Waals surface area contributed by atoms with E-state index in [-0.39, 0.29) is 6.61 Å². The summed E-state index contributed by atoms with van der Waals surface area (Å²) in [6.45, 7) is 3.20. The zero-order chi connectivity index (χ0) is 10.5. The van der Waals surface area contributed by atoms with Gasteiger partial charge >= 0.3 is 12.1 Å². The van der Waals surface area contributed by atoms with Gasteiger partial charge in [-0.3, -0.25) is 0 Å². The normalized spacial score (nSPS) is 13.9. The second-order valence-electron chi connectivity index (χ2n) is 2.36. The first-order valence-electron chi connectivity index (χ1n) is 3.73. The molecule has 0 saturated carbocycles. The number of halogens is 3. The van der Waals surface area contributed by atoms with Gasteiger partial charge in [-0.25, -0.2) is 4.79 Å². The van der Waals surface area contributed by atoms with E-state index in [0.717, 1.165) is 0 Å². The van der Waals surface area contributed by atoms with E-state index in [4.69, 9.17) is 4.74 Å². The van der Waals surface area contributed by atoms with Crippen molar-refractivity contribution in [3.8, 4) is 0 Å². The van der Waals surface area contributed by atoms with Crippen molar-refractivity contribution >= 4 is 5.97 Å². The lowest BCUT2D eigenvalue weighted by molar-refractivity contribution is -0.202. The van der Waals surface area contributed by atoms with Gasteiger partial charge in [0.1, 0.15) is 6.61 Å². The Hall–Kier alpha value is -0.780. The predicted molar refractivity (Wildman–Crippen MR) is 38.1 cm³/mol. The molecule has 0 spiro atoms. The molecule has 1 unspecified atom stereocenters. The first kappa shape index (κ1) is 12.2. The van der Waals surface area contributed by atoms with Crippen molar-refractivity contribution in [3.05, 3.63) is 0 Å². The minimum atomic E-state index is -4.92. The van der Waals surface area contributed by atoms with Gasteiger partial charge in [-0.2, -0.15) is 13.2 Å². The summed E-state index contributed by atoms with van der Waals surface area (Å²) < 4.78 is 43.5. The number of esters is 1. The van der Waals surface area contributed by atoms with E-state index in [0.29, 0.717) is 6.61 Å². The van der Waals surface area contributed by atoms with E-state index in [9.17, 15) is 18.0 Å². The molecule has 13 heavy (non-hydrogen) atoms. The van der Waals surface area contributed by atoms with Gasteiger partial charge in [0.25, 0.3) is 0 Å². The number of carbonyl (C=O) groups excluding carboxylic acids is 1. The minimum Gasteiger partial charge on any atom is -0.456 e. The van der Waals surface area contributed by atoms with Crippen LogP contribution in [-0.2, 0) is 14.3 Å². The number of carbonyl (C=O) groups is 1. The molecule has 0 aromatic heterocycles. The average Bonchev–Trinajstić information content (AvgIpc) is 1.99. The third kappa shape index (κ3) is 5.46. The van der Waals surface area contributed by atoms with E-state index in [1.807, 2.05) is 0 Å². The standard InChI is InChI=1S/C7H11F3O3/c1-3-12-5(2)4-13-6(11)7(8,9)10/h5H,3-4H2,1-2H3. The fraction of sp³-hybridized carbons (Fsp3) is 0.857.